The van der Waals surface area contributed by atoms with E-state index >= 15 is 0 Å². The standard InChI is InChI=1S/C12H20F3NO3/c1-2-19-11(18)6-10(17)8-16-5-3-4-9(7-16)12(13,14)15/h9-10,17H,2-8H2,1H3. The average molecular weight is 283 g/mol. The first-order valence-electron chi connectivity index (χ1n) is 6.45. The highest BCUT2D eigenvalue weighted by Crippen LogP contribution is 2.33. The smallest absolute Gasteiger partial charge is 0.393 e. The number of carbonyl (C=O) groups excluding carboxylic acids is 1. The van der Waals surface area contributed by atoms with E-state index in [1.165, 1.54) is 0 Å². The number of aliphatic hydroxyl groups excluding tert-OH is 1. The molecular formula is C12H20F3NO3. The van der Waals surface area contributed by atoms with Crippen LogP contribution in [0, 0.1) is 5.92 Å². The van der Waals surface area contributed by atoms with Crippen LogP contribution in [0.25, 0.3) is 0 Å². The normalized spacial score (nSPS) is 23.1. The Hall–Kier alpha value is -0.820. The van der Waals surface area contributed by atoms with Crippen molar-refractivity contribution in [3.05, 3.63) is 0 Å². The van der Waals surface area contributed by atoms with E-state index in [0.717, 1.165) is 0 Å². The van der Waals surface area contributed by atoms with Gasteiger partial charge in [0.15, 0.2) is 0 Å². The van der Waals surface area contributed by atoms with E-state index in [4.69, 9.17) is 0 Å². The van der Waals surface area contributed by atoms with Gasteiger partial charge in [-0.2, -0.15) is 13.2 Å². The monoisotopic (exact) mass is 283 g/mol. The molecule has 1 heterocycles. The highest BCUT2D eigenvalue weighted by molar-refractivity contribution is 5.69. The molecule has 4 nitrogen and oxygen atoms in total. The Labute approximate surface area is 110 Å². The predicted octanol–water partition coefficient (Wildman–Crippen LogP) is 1.57. The molecule has 0 aromatic heterocycles. The zero-order valence-corrected chi connectivity index (χ0v) is 10.9. The lowest BCUT2D eigenvalue weighted by Crippen LogP contribution is -2.44. The van der Waals surface area contributed by atoms with Crippen molar-refractivity contribution >= 4 is 5.97 Å². The second-order valence-corrected chi connectivity index (χ2v) is 4.80. The minimum Gasteiger partial charge on any atom is -0.466 e. The number of carbonyl (C=O) groups is 1. The third-order valence-corrected chi connectivity index (χ3v) is 3.14. The van der Waals surface area contributed by atoms with E-state index in [1.807, 2.05) is 0 Å². The van der Waals surface area contributed by atoms with Crippen LogP contribution in [-0.4, -0.2) is 54.5 Å². The summed E-state index contributed by atoms with van der Waals surface area (Å²) in [6.07, 6.45) is -4.76. The molecule has 0 radical (unpaired) electrons. The van der Waals surface area contributed by atoms with Gasteiger partial charge in [0.1, 0.15) is 0 Å². The molecule has 7 heteroatoms. The topological polar surface area (TPSA) is 49.8 Å². The SMILES string of the molecule is CCOC(=O)CC(O)CN1CCCC(C(F)(F)F)C1. The number of piperidine rings is 1. The van der Waals surface area contributed by atoms with Crippen molar-refractivity contribution in [3.8, 4) is 0 Å². The largest absolute Gasteiger partial charge is 0.466 e. The lowest BCUT2D eigenvalue weighted by molar-refractivity contribution is -0.187. The molecular weight excluding hydrogens is 263 g/mol. The summed E-state index contributed by atoms with van der Waals surface area (Å²) in [6.45, 7) is 2.37. The van der Waals surface area contributed by atoms with Gasteiger partial charge in [-0.25, -0.2) is 0 Å². The summed E-state index contributed by atoms with van der Waals surface area (Å²) in [7, 11) is 0. The van der Waals surface area contributed by atoms with Crippen molar-refractivity contribution in [1.82, 2.24) is 4.90 Å². The Bertz CT molecular complexity index is 296. The Morgan fingerprint density at radius 1 is 1.53 bits per heavy atom. The van der Waals surface area contributed by atoms with Crippen LogP contribution in [0.4, 0.5) is 13.2 Å². The minimum absolute atomic E-state index is 0.0748. The van der Waals surface area contributed by atoms with Gasteiger partial charge in [0.2, 0.25) is 0 Å². The van der Waals surface area contributed by atoms with Crippen molar-refractivity contribution < 1.29 is 27.8 Å². The molecule has 0 amide bonds. The lowest BCUT2D eigenvalue weighted by Gasteiger charge is -2.34. The van der Waals surface area contributed by atoms with Crippen LogP contribution in [-0.2, 0) is 9.53 Å². The fourth-order valence-electron chi connectivity index (χ4n) is 2.26. The van der Waals surface area contributed by atoms with Crippen LogP contribution < -0.4 is 0 Å². The zero-order valence-electron chi connectivity index (χ0n) is 10.9. The third kappa shape index (κ3) is 5.78. The Kier molecular flexibility index (Phi) is 6.06. The van der Waals surface area contributed by atoms with Crippen LogP contribution in [0.5, 0.6) is 0 Å². The maximum atomic E-state index is 12.6. The predicted molar refractivity (Wildman–Crippen MR) is 62.5 cm³/mol. The molecule has 0 bridgehead atoms. The summed E-state index contributed by atoms with van der Waals surface area (Å²) in [6, 6.07) is 0. The van der Waals surface area contributed by atoms with Gasteiger partial charge in [0, 0.05) is 13.1 Å². The van der Waals surface area contributed by atoms with E-state index in [-0.39, 0.29) is 32.5 Å². The first kappa shape index (κ1) is 16.2. The van der Waals surface area contributed by atoms with Gasteiger partial charge in [-0.05, 0) is 26.3 Å². The summed E-state index contributed by atoms with van der Waals surface area (Å²) >= 11 is 0. The van der Waals surface area contributed by atoms with Crippen molar-refractivity contribution in [3.63, 3.8) is 0 Å². The molecule has 0 aromatic carbocycles. The number of β-amino-alcohol motifs (C(OH)–C–C–N with tert-alkyl or cyclic N) is 1. The molecule has 0 saturated carbocycles. The molecule has 0 aromatic rings. The van der Waals surface area contributed by atoms with Crippen molar-refractivity contribution in [2.45, 2.75) is 38.5 Å². The lowest BCUT2D eigenvalue weighted by atomic mass is 9.97. The first-order chi connectivity index (χ1) is 8.82. The molecule has 2 atom stereocenters. The molecule has 1 saturated heterocycles. The summed E-state index contributed by atoms with van der Waals surface area (Å²) in [4.78, 5) is 12.7. The number of esters is 1. The average Bonchev–Trinajstić information content (AvgIpc) is 2.28. The molecule has 112 valence electrons. The van der Waals surface area contributed by atoms with Gasteiger partial charge in [-0.1, -0.05) is 0 Å². The van der Waals surface area contributed by atoms with Crippen molar-refractivity contribution in [2.24, 2.45) is 5.92 Å². The molecule has 1 aliphatic heterocycles. The summed E-state index contributed by atoms with van der Waals surface area (Å²) < 4.78 is 42.5. The van der Waals surface area contributed by atoms with Gasteiger partial charge < -0.3 is 14.7 Å². The van der Waals surface area contributed by atoms with Crippen LogP contribution in [0.1, 0.15) is 26.2 Å². The number of ether oxygens (including phenoxy) is 1. The van der Waals surface area contributed by atoms with Gasteiger partial charge in [0.25, 0.3) is 0 Å². The van der Waals surface area contributed by atoms with Crippen LogP contribution >= 0.6 is 0 Å². The fourth-order valence-corrected chi connectivity index (χ4v) is 2.26. The molecule has 0 aliphatic carbocycles. The Balaban J connectivity index is 2.37. The number of aliphatic hydroxyl groups is 1. The molecule has 0 spiro atoms. The summed E-state index contributed by atoms with van der Waals surface area (Å²) in [5.41, 5.74) is 0. The van der Waals surface area contributed by atoms with Gasteiger partial charge >= 0.3 is 12.1 Å². The van der Waals surface area contributed by atoms with Gasteiger partial charge in [0.05, 0.1) is 25.0 Å². The van der Waals surface area contributed by atoms with Gasteiger partial charge in [-0.3, -0.25) is 4.79 Å². The molecule has 1 aliphatic rings. The van der Waals surface area contributed by atoms with Crippen LogP contribution in [0.3, 0.4) is 0 Å². The second-order valence-electron chi connectivity index (χ2n) is 4.80. The number of halogens is 3. The third-order valence-electron chi connectivity index (χ3n) is 3.14. The van der Waals surface area contributed by atoms with E-state index in [2.05, 4.69) is 4.74 Å². The molecule has 19 heavy (non-hydrogen) atoms. The summed E-state index contributed by atoms with van der Waals surface area (Å²) in [5, 5.41) is 9.66. The van der Waals surface area contributed by atoms with Gasteiger partial charge in [-0.15, -0.1) is 0 Å². The molecule has 1 N–H and O–H groups in total. The number of rotatable bonds is 5. The number of hydrogen-bond donors (Lipinski definition) is 1. The number of hydrogen-bond acceptors (Lipinski definition) is 4. The number of likely N-dealkylation sites (tertiary alicyclic amines) is 1. The molecule has 1 fully saturated rings. The maximum absolute atomic E-state index is 12.6. The molecule has 2 unspecified atom stereocenters. The maximum Gasteiger partial charge on any atom is 0.393 e. The first-order valence-corrected chi connectivity index (χ1v) is 6.45. The Morgan fingerprint density at radius 2 is 2.21 bits per heavy atom. The zero-order chi connectivity index (χ0) is 14.5. The second kappa shape index (κ2) is 7.09. The highest BCUT2D eigenvalue weighted by atomic mass is 19.4. The Morgan fingerprint density at radius 3 is 2.79 bits per heavy atom. The number of alkyl halides is 3. The van der Waals surface area contributed by atoms with Crippen LogP contribution in [0.2, 0.25) is 0 Å². The number of nitrogens with zero attached hydrogens (tertiary/aromatic N) is 1. The van der Waals surface area contributed by atoms with E-state index in [0.29, 0.717) is 13.0 Å². The van der Waals surface area contributed by atoms with Crippen LogP contribution in [0.15, 0.2) is 0 Å². The molecule has 1 rings (SSSR count). The minimum atomic E-state index is -4.19. The van der Waals surface area contributed by atoms with E-state index in [1.54, 1.807) is 11.8 Å². The highest BCUT2D eigenvalue weighted by Gasteiger charge is 2.41. The van der Waals surface area contributed by atoms with Crippen molar-refractivity contribution in [2.75, 3.05) is 26.2 Å². The fraction of sp³-hybridized carbons (Fsp3) is 0.917. The summed E-state index contributed by atoms with van der Waals surface area (Å²) in [5.74, 6) is -1.87. The van der Waals surface area contributed by atoms with E-state index < -0.39 is 24.2 Å². The van der Waals surface area contributed by atoms with E-state index in [9.17, 15) is 23.1 Å². The van der Waals surface area contributed by atoms with Crippen molar-refractivity contribution in [1.29, 1.82) is 0 Å². The quantitative estimate of drug-likeness (QED) is 0.778.